The molecule has 1 amide bonds. The van der Waals surface area contributed by atoms with Gasteiger partial charge in [-0.3, -0.25) is 10.1 Å². The van der Waals surface area contributed by atoms with E-state index in [9.17, 15) is 4.79 Å². The maximum absolute atomic E-state index is 12.3. The van der Waals surface area contributed by atoms with Crippen molar-refractivity contribution in [3.63, 3.8) is 0 Å². The molecule has 0 fully saturated rings. The summed E-state index contributed by atoms with van der Waals surface area (Å²) >= 11 is 1.40. The summed E-state index contributed by atoms with van der Waals surface area (Å²) in [4.78, 5) is 16.7. The van der Waals surface area contributed by atoms with Gasteiger partial charge in [0.1, 0.15) is 11.5 Å². The Labute approximate surface area is 131 Å². The first kappa shape index (κ1) is 14.3. The summed E-state index contributed by atoms with van der Waals surface area (Å²) in [6.45, 7) is 0. The summed E-state index contributed by atoms with van der Waals surface area (Å²) in [6.07, 6.45) is 0. The Balaban J connectivity index is 1.87. The first-order chi connectivity index (χ1) is 10.7. The number of nitrogens with zero attached hydrogens (tertiary/aromatic N) is 1. The van der Waals surface area contributed by atoms with Gasteiger partial charge in [-0.15, -0.1) is 0 Å². The van der Waals surface area contributed by atoms with Crippen LogP contribution in [-0.2, 0) is 0 Å². The lowest BCUT2D eigenvalue weighted by atomic mass is 10.2. The Morgan fingerprint density at radius 2 is 1.95 bits per heavy atom. The molecular formula is C16H14N2O3S. The number of amides is 1. The fourth-order valence-electron chi connectivity index (χ4n) is 2.08. The highest BCUT2D eigenvalue weighted by Crippen LogP contribution is 2.30. The fraction of sp³-hybridized carbons (Fsp3) is 0.125. The molecule has 1 N–H and O–H groups in total. The number of nitrogens with one attached hydrogen (secondary N) is 1. The first-order valence-electron chi connectivity index (χ1n) is 6.60. The molecule has 0 bridgehead atoms. The highest BCUT2D eigenvalue weighted by molar-refractivity contribution is 7.22. The van der Waals surface area contributed by atoms with E-state index in [2.05, 4.69) is 10.3 Å². The van der Waals surface area contributed by atoms with Crippen LogP contribution in [0, 0.1) is 0 Å². The number of carbonyl (C=O) groups excluding carboxylic acids is 1. The third-order valence-electron chi connectivity index (χ3n) is 3.17. The molecule has 0 spiro atoms. The van der Waals surface area contributed by atoms with Crippen LogP contribution in [0.1, 0.15) is 10.4 Å². The average molecular weight is 314 g/mol. The summed E-state index contributed by atoms with van der Waals surface area (Å²) in [7, 11) is 3.16. The van der Waals surface area contributed by atoms with Crippen molar-refractivity contribution in [3.8, 4) is 11.5 Å². The van der Waals surface area contributed by atoms with Crippen LogP contribution in [0.15, 0.2) is 42.5 Å². The Morgan fingerprint density at radius 3 is 2.73 bits per heavy atom. The van der Waals surface area contributed by atoms with Gasteiger partial charge in [-0.25, -0.2) is 4.98 Å². The SMILES string of the molecule is COc1ccc2nc(NC(=O)c3ccccc3OC)sc2c1. The minimum atomic E-state index is -0.247. The van der Waals surface area contributed by atoms with E-state index in [1.165, 1.54) is 18.4 Å². The number of fused-ring (bicyclic) bond motifs is 1. The molecule has 0 saturated carbocycles. The summed E-state index contributed by atoms with van der Waals surface area (Å²) in [5.74, 6) is 1.05. The molecule has 112 valence electrons. The molecule has 6 heteroatoms. The molecule has 1 heterocycles. The molecule has 1 aromatic heterocycles. The average Bonchev–Trinajstić information content (AvgIpc) is 2.95. The molecule has 0 aliphatic heterocycles. The van der Waals surface area contributed by atoms with E-state index >= 15 is 0 Å². The fourth-order valence-corrected chi connectivity index (χ4v) is 2.97. The number of anilines is 1. The summed E-state index contributed by atoms with van der Waals surface area (Å²) < 4.78 is 11.3. The van der Waals surface area contributed by atoms with Gasteiger partial charge in [0.05, 0.1) is 30.0 Å². The molecule has 5 nitrogen and oxygen atoms in total. The van der Waals surface area contributed by atoms with Gasteiger partial charge in [0, 0.05) is 0 Å². The van der Waals surface area contributed by atoms with Gasteiger partial charge in [-0.05, 0) is 30.3 Å². The van der Waals surface area contributed by atoms with Gasteiger partial charge in [-0.1, -0.05) is 23.5 Å². The van der Waals surface area contributed by atoms with Crippen molar-refractivity contribution in [3.05, 3.63) is 48.0 Å². The normalized spacial score (nSPS) is 10.5. The molecule has 0 radical (unpaired) electrons. The maximum Gasteiger partial charge on any atom is 0.261 e. The van der Waals surface area contributed by atoms with Gasteiger partial charge in [0.15, 0.2) is 5.13 Å². The zero-order valence-electron chi connectivity index (χ0n) is 12.1. The van der Waals surface area contributed by atoms with Crippen LogP contribution in [0.5, 0.6) is 11.5 Å². The van der Waals surface area contributed by atoms with E-state index in [4.69, 9.17) is 9.47 Å². The third kappa shape index (κ3) is 2.73. The van der Waals surface area contributed by atoms with Crippen molar-refractivity contribution in [2.45, 2.75) is 0 Å². The van der Waals surface area contributed by atoms with Gasteiger partial charge in [0.2, 0.25) is 0 Å². The van der Waals surface area contributed by atoms with Gasteiger partial charge in [-0.2, -0.15) is 0 Å². The van der Waals surface area contributed by atoms with E-state index in [1.807, 2.05) is 24.3 Å². The molecule has 3 aromatic rings. The molecule has 0 atom stereocenters. The molecular weight excluding hydrogens is 300 g/mol. The van der Waals surface area contributed by atoms with Crippen LogP contribution in [-0.4, -0.2) is 25.1 Å². The van der Waals surface area contributed by atoms with Gasteiger partial charge < -0.3 is 9.47 Å². The Bertz CT molecular complexity index is 829. The monoisotopic (exact) mass is 314 g/mol. The van der Waals surface area contributed by atoms with Crippen molar-refractivity contribution in [2.75, 3.05) is 19.5 Å². The minimum absolute atomic E-state index is 0.247. The number of methoxy groups -OCH3 is 2. The summed E-state index contributed by atoms with van der Waals surface area (Å²) in [5.41, 5.74) is 1.29. The number of ether oxygens (including phenoxy) is 2. The molecule has 2 aromatic carbocycles. The molecule has 0 saturated heterocycles. The van der Waals surface area contributed by atoms with Crippen LogP contribution >= 0.6 is 11.3 Å². The van der Waals surface area contributed by atoms with Crippen LogP contribution < -0.4 is 14.8 Å². The number of hydrogen-bond acceptors (Lipinski definition) is 5. The second kappa shape index (κ2) is 6.03. The second-order valence-corrected chi connectivity index (χ2v) is 5.54. The van der Waals surface area contributed by atoms with Crippen LogP contribution in [0.2, 0.25) is 0 Å². The standard InChI is InChI=1S/C16H14N2O3S/c1-20-10-7-8-12-14(9-10)22-16(17-12)18-15(19)11-5-3-4-6-13(11)21-2/h3-9H,1-2H3,(H,17,18,19). The van der Waals surface area contributed by atoms with Crippen LogP contribution in [0.4, 0.5) is 5.13 Å². The number of hydrogen-bond donors (Lipinski definition) is 1. The lowest BCUT2D eigenvalue weighted by molar-refractivity contribution is 0.102. The van der Waals surface area contributed by atoms with Gasteiger partial charge in [0.25, 0.3) is 5.91 Å². The maximum atomic E-state index is 12.3. The smallest absolute Gasteiger partial charge is 0.261 e. The topological polar surface area (TPSA) is 60.5 Å². The molecule has 0 aliphatic carbocycles. The van der Waals surface area contributed by atoms with E-state index in [0.29, 0.717) is 16.4 Å². The van der Waals surface area contributed by atoms with E-state index in [0.717, 1.165) is 16.0 Å². The predicted molar refractivity (Wildman–Crippen MR) is 87.1 cm³/mol. The lowest BCUT2D eigenvalue weighted by Crippen LogP contribution is -2.12. The molecule has 0 aliphatic rings. The Morgan fingerprint density at radius 1 is 1.14 bits per heavy atom. The Hall–Kier alpha value is -2.60. The van der Waals surface area contributed by atoms with Crippen molar-refractivity contribution in [1.82, 2.24) is 4.98 Å². The number of aromatic nitrogens is 1. The van der Waals surface area contributed by atoms with E-state index in [1.54, 1.807) is 25.3 Å². The number of para-hydroxylation sites is 1. The number of carbonyl (C=O) groups is 1. The number of rotatable bonds is 4. The second-order valence-electron chi connectivity index (χ2n) is 4.51. The predicted octanol–water partition coefficient (Wildman–Crippen LogP) is 3.57. The lowest BCUT2D eigenvalue weighted by Gasteiger charge is -2.06. The van der Waals surface area contributed by atoms with Crippen molar-refractivity contribution < 1.29 is 14.3 Å². The quantitative estimate of drug-likeness (QED) is 0.800. The van der Waals surface area contributed by atoms with E-state index < -0.39 is 0 Å². The molecule has 3 rings (SSSR count). The zero-order valence-corrected chi connectivity index (χ0v) is 12.9. The van der Waals surface area contributed by atoms with Gasteiger partial charge >= 0.3 is 0 Å². The van der Waals surface area contributed by atoms with Crippen LogP contribution in [0.3, 0.4) is 0 Å². The largest absolute Gasteiger partial charge is 0.497 e. The Kier molecular flexibility index (Phi) is 3.93. The van der Waals surface area contributed by atoms with Crippen molar-refractivity contribution in [1.29, 1.82) is 0 Å². The third-order valence-corrected chi connectivity index (χ3v) is 4.10. The van der Waals surface area contributed by atoms with Crippen molar-refractivity contribution in [2.24, 2.45) is 0 Å². The van der Waals surface area contributed by atoms with Crippen LogP contribution in [0.25, 0.3) is 10.2 Å². The highest BCUT2D eigenvalue weighted by Gasteiger charge is 2.14. The summed E-state index contributed by atoms with van der Waals surface area (Å²) in [5, 5.41) is 3.35. The summed E-state index contributed by atoms with van der Waals surface area (Å²) in [6, 6.07) is 12.7. The zero-order chi connectivity index (χ0) is 15.5. The number of benzene rings is 2. The van der Waals surface area contributed by atoms with E-state index in [-0.39, 0.29) is 5.91 Å². The number of thiazole rings is 1. The molecule has 22 heavy (non-hydrogen) atoms. The van der Waals surface area contributed by atoms with Crippen molar-refractivity contribution >= 4 is 32.6 Å². The minimum Gasteiger partial charge on any atom is -0.497 e. The first-order valence-corrected chi connectivity index (χ1v) is 7.42. The highest BCUT2D eigenvalue weighted by atomic mass is 32.1. The molecule has 0 unspecified atom stereocenters.